The summed E-state index contributed by atoms with van der Waals surface area (Å²) in [5, 5.41) is 7.55. The van der Waals surface area contributed by atoms with Crippen molar-refractivity contribution >= 4 is 5.84 Å². The fraction of sp³-hybridized carbons (Fsp3) is 0.938. The second-order valence-corrected chi connectivity index (χ2v) is 7.02. The summed E-state index contributed by atoms with van der Waals surface area (Å²) in [6.45, 7) is 6.60. The summed E-state index contributed by atoms with van der Waals surface area (Å²) in [4.78, 5) is 2.50. The zero-order valence-electron chi connectivity index (χ0n) is 13.2. The summed E-state index contributed by atoms with van der Waals surface area (Å²) in [6, 6.07) is 0. The van der Waals surface area contributed by atoms with Crippen molar-refractivity contribution in [3.63, 3.8) is 0 Å². The summed E-state index contributed by atoms with van der Waals surface area (Å²) < 4.78 is 0. The summed E-state index contributed by atoms with van der Waals surface area (Å²) in [5.41, 5.74) is 5.49. The van der Waals surface area contributed by atoms with E-state index in [9.17, 15) is 0 Å². The quantitative estimate of drug-likeness (QED) is 0.401. The number of nitrogens with zero attached hydrogens (tertiary/aromatic N) is 1. The minimum atomic E-state index is -0.123. The Morgan fingerprint density at radius 3 is 2.42 bits per heavy atom. The number of unbranched alkanes of at least 4 members (excludes halogenated alkanes) is 1. The molecule has 19 heavy (non-hydrogen) atoms. The number of nitrogens with two attached hydrogens (primary N) is 1. The third kappa shape index (κ3) is 6.42. The van der Waals surface area contributed by atoms with Crippen molar-refractivity contribution in [1.29, 1.82) is 5.41 Å². The van der Waals surface area contributed by atoms with Crippen molar-refractivity contribution in [3.05, 3.63) is 0 Å². The van der Waals surface area contributed by atoms with Crippen LogP contribution in [-0.2, 0) is 0 Å². The van der Waals surface area contributed by atoms with Crippen LogP contribution in [0.3, 0.4) is 0 Å². The normalized spacial score (nSPS) is 17.9. The van der Waals surface area contributed by atoms with Crippen LogP contribution in [0.15, 0.2) is 0 Å². The molecule has 1 saturated carbocycles. The maximum atomic E-state index is 7.55. The number of hydrogen-bond donors (Lipinski definition) is 2. The van der Waals surface area contributed by atoms with Crippen LogP contribution in [0.4, 0.5) is 0 Å². The van der Waals surface area contributed by atoms with E-state index < -0.39 is 0 Å². The van der Waals surface area contributed by atoms with Gasteiger partial charge in [0.05, 0.1) is 5.84 Å². The van der Waals surface area contributed by atoms with Crippen molar-refractivity contribution in [2.75, 3.05) is 20.1 Å². The highest BCUT2D eigenvalue weighted by Gasteiger charge is 2.21. The second kappa shape index (κ2) is 7.88. The molecule has 0 aromatic carbocycles. The molecule has 1 fully saturated rings. The van der Waals surface area contributed by atoms with Gasteiger partial charge in [0.1, 0.15) is 0 Å². The van der Waals surface area contributed by atoms with E-state index in [0.717, 1.165) is 12.3 Å². The first-order valence-electron chi connectivity index (χ1n) is 7.95. The van der Waals surface area contributed by atoms with Crippen molar-refractivity contribution in [3.8, 4) is 0 Å². The SMILES string of the molecule is CN(CCCCC(C)(C)C(=N)N)CC1CCCCC1. The van der Waals surface area contributed by atoms with Crippen LogP contribution >= 0.6 is 0 Å². The molecule has 3 N–H and O–H groups in total. The van der Waals surface area contributed by atoms with Gasteiger partial charge in [0.2, 0.25) is 0 Å². The number of amidine groups is 1. The molecule has 0 aromatic heterocycles. The molecule has 1 aliphatic carbocycles. The van der Waals surface area contributed by atoms with Crippen LogP contribution in [0.1, 0.15) is 65.2 Å². The Kier molecular flexibility index (Phi) is 6.84. The Bertz CT molecular complexity index is 267. The van der Waals surface area contributed by atoms with Gasteiger partial charge >= 0.3 is 0 Å². The van der Waals surface area contributed by atoms with E-state index in [0.29, 0.717) is 5.84 Å². The molecule has 3 nitrogen and oxygen atoms in total. The van der Waals surface area contributed by atoms with Gasteiger partial charge in [-0.05, 0) is 45.2 Å². The fourth-order valence-corrected chi connectivity index (χ4v) is 2.99. The highest BCUT2D eigenvalue weighted by Crippen LogP contribution is 2.25. The maximum Gasteiger partial charge on any atom is 0.0963 e. The number of hydrogen-bond acceptors (Lipinski definition) is 2. The van der Waals surface area contributed by atoms with E-state index >= 15 is 0 Å². The van der Waals surface area contributed by atoms with Gasteiger partial charge in [0, 0.05) is 12.0 Å². The zero-order valence-corrected chi connectivity index (χ0v) is 13.2. The number of rotatable bonds is 8. The molecule has 0 unspecified atom stereocenters. The molecule has 1 aliphatic rings. The summed E-state index contributed by atoms with van der Waals surface area (Å²) in [7, 11) is 2.25. The summed E-state index contributed by atoms with van der Waals surface area (Å²) in [5.74, 6) is 1.26. The Morgan fingerprint density at radius 1 is 1.21 bits per heavy atom. The van der Waals surface area contributed by atoms with Gasteiger partial charge < -0.3 is 10.6 Å². The van der Waals surface area contributed by atoms with Crippen LogP contribution in [-0.4, -0.2) is 30.9 Å². The van der Waals surface area contributed by atoms with Crippen molar-refractivity contribution in [1.82, 2.24) is 4.90 Å². The lowest BCUT2D eigenvalue weighted by atomic mass is 9.86. The van der Waals surface area contributed by atoms with Gasteiger partial charge in [-0.25, -0.2) is 0 Å². The van der Waals surface area contributed by atoms with Crippen LogP contribution in [0, 0.1) is 16.7 Å². The second-order valence-electron chi connectivity index (χ2n) is 7.02. The molecule has 0 heterocycles. The van der Waals surface area contributed by atoms with E-state index in [2.05, 4.69) is 25.8 Å². The molecule has 0 atom stereocenters. The van der Waals surface area contributed by atoms with Gasteiger partial charge in [-0.2, -0.15) is 0 Å². The lowest BCUT2D eigenvalue weighted by Crippen LogP contribution is -2.31. The third-order valence-corrected chi connectivity index (χ3v) is 4.62. The Morgan fingerprint density at radius 2 is 1.84 bits per heavy atom. The lowest BCUT2D eigenvalue weighted by molar-refractivity contribution is 0.228. The Balaban J connectivity index is 2.09. The van der Waals surface area contributed by atoms with Crippen LogP contribution in [0.5, 0.6) is 0 Å². The van der Waals surface area contributed by atoms with Crippen molar-refractivity contribution < 1.29 is 0 Å². The number of nitrogens with one attached hydrogen (secondary N) is 1. The molecular formula is C16H33N3. The van der Waals surface area contributed by atoms with E-state index in [1.54, 1.807) is 0 Å². The van der Waals surface area contributed by atoms with Gasteiger partial charge in [0.15, 0.2) is 0 Å². The molecule has 112 valence electrons. The molecule has 0 bridgehead atoms. The maximum absolute atomic E-state index is 7.55. The molecule has 0 aliphatic heterocycles. The fourth-order valence-electron chi connectivity index (χ4n) is 2.99. The first kappa shape index (κ1) is 16.5. The first-order valence-corrected chi connectivity index (χ1v) is 7.95. The topological polar surface area (TPSA) is 53.1 Å². The minimum absolute atomic E-state index is 0.123. The van der Waals surface area contributed by atoms with Gasteiger partial charge in [-0.1, -0.05) is 39.5 Å². The van der Waals surface area contributed by atoms with Gasteiger partial charge in [-0.3, -0.25) is 5.41 Å². The smallest absolute Gasteiger partial charge is 0.0963 e. The highest BCUT2D eigenvalue weighted by molar-refractivity contribution is 5.82. The van der Waals surface area contributed by atoms with Crippen LogP contribution < -0.4 is 5.73 Å². The standard InChI is InChI=1S/C16H33N3/c1-16(2,15(17)18)11-7-8-12-19(3)13-14-9-5-4-6-10-14/h14H,4-13H2,1-3H3,(H3,17,18). The molecule has 0 spiro atoms. The molecule has 0 saturated heterocycles. The third-order valence-electron chi connectivity index (χ3n) is 4.62. The lowest BCUT2D eigenvalue weighted by Gasteiger charge is -2.27. The van der Waals surface area contributed by atoms with Gasteiger partial charge in [0.25, 0.3) is 0 Å². The molecule has 0 amide bonds. The largest absolute Gasteiger partial charge is 0.387 e. The monoisotopic (exact) mass is 267 g/mol. The predicted molar refractivity (Wildman–Crippen MR) is 83.6 cm³/mol. The summed E-state index contributed by atoms with van der Waals surface area (Å²) in [6.07, 6.45) is 10.6. The van der Waals surface area contributed by atoms with E-state index in [1.165, 1.54) is 58.0 Å². The average molecular weight is 267 g/mol. The molecule has 0 radical (unpaired) electrons. The van der Waals surface area contributed by atoms with Crippen molar-refractivity contribution in [2.24, 2.45) is 17.1 Å². The van der Waals surface area contributed by atoms with E-state index in [1.807, 2.05) is 0 Å². The average Bonchev–Trinajstić information content (AvgIpc) is 2.36. The van der Waals surface area contributed by atoms with Crippen molar-refractivity contribution in [2.45, 2.75) is 65.2 Å². The molecule has 3 heteroatoms. The molecular weight excluding hydrogens is 234 g/mol. The van der Waals surface area contributed by atoms with Crippen LogP contribution in [0.25, 0.3) is 0 Å². The Labute approximate surface area is 119 Å². The van der Waals surface area contributed by atoms with Crippen LogP contribution in [0.2, 0.25) is 0 Å². The zero-order chi connectivity index (χ0) is 14.3. The predicted octanol–water partition coefficient (Wildman–Crippen LogP) is 3.63. The molecule has 1 rings (SSSR count). The van der Waals surface area contributed by atoms with E-state index in [-0.39, 0.29) is 5.41 Å². The minimum Gasteiger partial charge on any atom is -0.387 e. The first-order chi connectivity index (χ1) is 8.92. The van der Waals surface area contributed by atoms with E-state index in [4.69, 9.17) is 11.1 Å². The van der Waals surface area contributed by atoms with Gasteiger partial charge in [-0.15, -0.1) is 0 Å². The summed E-state index contributed by atoms with van der Waals surface area (Å²) >= 11 is 0. The molecule has 0 aromatic rings. The Hall–Kier alpha value is -0.570. The highest BCUT2D eigenvalue weighted by atomic mass is 15.1.